The van der Waals surface area contributed by atoms with E-state index in [9.17, 15) is 24.3 Å². The molecule has 1 aromatic heterocycles. The number of nitrogens with zero attached hydrogens (tertiary/aromatic N) is 4. The van der Waals surface area contributed by atoms with Crippen LogP contribution in [0.2, 0.25) is 0 Å². The Hall–Kier alpha value is -4.36. The Labute approximate surface area is 285 Å². The van der Waals surface area contributed by atoms with Gasteiger partial charge in [-0.1, -0.05) is 24.3 Å². The molecule has 0 aliphatic carbocycles. The number of carbonyl (C=O) groups is 3. The Bertz CT molecular complexity index is 1730. The summed E-state index contributed by atoms with van der Waals surface area (Å²) in [5.74, 6) is -0.211. The Balaban J connectivity index is 1.01. The molecule has 5 heterocycles. The minimum Gasteiger partial charge on any atom is -0.436 e. The van der Waals surface area contributed by atoms with Crippen molar-refractivity contribution in [3.05, 3.63) is 63.6 Å². The molecule has 0 unspecified atom stereocenters. The lowest BCUT2D eigenvalue weighted by Gasteiger charge is -2.41. The first-order valence-corrected chi connectivity index (χ1v) is 17.8. The van der Waals surface area contributed by atoms with Crippen LogP contribution in [0.1, 0.15) is 55.2 Å². The van der Waals surface area contributed by atoms with Gasteiger partial charge in [0.05, 0.1) is 17.1 Å². The third-order valence-corrected chi connectivity index (χ3v) is 10.9. The zero-order valence-electron chi connectivity index (χ0n) is 28.2. The molecule has 49 heavy (non-hydrogen) atoms. The Morgan fingerprint density at radius 1 is 0.878 bits per heavy atom. The first-order chi connectivity index (χ1) is 23.7. The number of aryl methyl sites for hydroxylation is 1. The Kier molecular flexibility index (Phi) is 9.64. The molecule has 7 rings (SSSR count). The Morgan fingerprint density at radius 2 is 1.57 bits per heavy atom. The average molecular weight is 674 g/mol. The van der Waals surface area contributed by atoms with Crippen molar-refractivity contribution in [3.8, 4) is 0 Å². The van der Waals surface area contributed by atoms with Crippen LogP contribution in [0.5, 0.6) is 0 Å². The van der Waals surface area contributed by atoms with E-state index in [2.05, 4.69) is 20.2 Å². The van der Waals surface area contributed by atoms with Crippen LogP contribution in [-0.2, 0) is 22.4 Å². The first-order valence-electron chi connectivity index (χ1n) is 17.8. The fourth-order valence-electron chi connectivity index (χ4n) is 8.11. The van der Waals surface area contributed by atoms with Crippen molar-refractivity contribution in [2.24, 2.45) is 0 Å². The molecule has 1 atom stereocenters. The molecule has 4 amide bonds. The maximum Gasteiger partial charge on any atom is 0.410 e. The number of H-pyrrole nitrogens is 2. The van der Waals surface area contributed by atoms with Crippen LogP contribution >= 0.6 is 0 Å². The van der Waals surface area contributed by atoms with Crippen LogP contribution in [0.3, 0.4) is 0 Å². The fourth-order valence-corrected chi connectivity index (χ4v) is 8.11. The molecule has 3 saturated heterocycles. The molecule has 262 valence electrons. The van der Waals surface area contributed by atoms with E-state index in [1.54, 1.807) is 4.90 Å². The van der Waals surface area contributed by atoms with Gasteiger partial charge in [0.1, 0.15) is 0 Å². The Morgan fingerprint density at radius 3 is 2.33 bits per heavy atom. The van der Waals surface area contributed by atoms with E-state index >= 15 is 0 Å². The maximum atomic E-state index is 14.1. The van der Waals surface area contributed by atoms with Gasteiger partial charge in [0, 0.05) is 70.0 Å². The number of aromatic nitrogens is 2. The van der Waals surface area contributed by atoms with Crippen LogP contribution in [0, 0.1) is 6.92 Å². The monoisotopic (exact) mass is 673 g/mol. The van der Waals surface area contributed by atoms with Gasteiger partial charge in [-0.05, 0) is 80.7 Å². The molecule has 0 radical (unpaired) electrons. The number of aromatic amines is 2. The van der Waals surface area contributed by atoms with Gasteiger partial charge >= 0.3 is 17.8 Å². The van der Waals surface area contributed by atoms with Crippen molar-refractivity contribution in [2.75, 3.05) is 51.1 Å². The minimum atomic E-state index is -1.02. The zero-order valence-corrected chi connectivity index (χ0v) is 28.2. The molecule has 0 spiro atoms. The van der Waals surface area contributed by atoms with Crippen molar-refractivity contribution >= 4 is 34.8 Å². The number of amides is 4. The number of nitrogens with one attached hydrogen (secondary N) is 3. The smallest absolute Gasteiger partial charge is 0.410 e. The number of piperidine rings is 3. The van der Waals surface area contributed by atoms with Crippen LogP contribution in [0.4, 0.5) is 15.3 Å². The van der Waals surface area contributed by atoms with Gasteiger partial charge in [-0.3, -0.25) is 4.79 Å². The van der Waals surface area contributed by atoms with Crippen molar-refractivity contribution in [2.45, 2.75) is 82.6 Å². The van der Waals surface area contributed by atoms with Gasteiger partial charge in [-0.25, -0.2) is 14.4 Å². The van der Waals surface area contributed by atoms with Gasteiger partial charge < -0.3 is 44.7 Å². The van der Waals surface area contributed by atoms with Crippen molar-refractivity contribution < 1.29 is 24.2 Å². The van der Waals surface area contributed by atoms with E-state index in [1.807, 2.05) is 53.1 Å². The van der Waals surface area contributed by atoms with Crippen molar-refractivity contribution in [1.29, 1.82) is 0 Å². The van der Waals surface area contributed by atoms with E-state index in [4.69, 9.17) is 4.74 Å². The van der Waals surface area contributed by atoms with Crippen molar-refractivity contribution in [3.63, 3.8) is 0 Å². The zero-order chi connectivity index (χ0) is 34.1. The molecule has 3 fully saturated rings. The lowest BCUT2D eigenvalue weighted by atomic mass is 9.98. The molecule has 3 aromatic rings. The summed E-state index contributed by atoms with van der Waals surface area (Å²) in [6.45, 7) is 6.25. The standard InChI is InChI=1S/C36H47N7O6/c1-23-20-24(21-30-32(23)39-34(46)37-30)22-31(33(45)41-13-7-26(8-14-41)40-17-11-28(44)12-18-40)49-36(48)42-15-9-27(10-16-42)43-19-6-25-4-2-3-5-29(25)38-35(43)47/h2-5,20-21,26-28,31,44H,6-19,22H2,1H3,(H,38,47)(H2,37,39,46)/t31-/m1/s1. The second kappa shape index (κ2) is 14.2. The summed E-state index contributed by atoms with van der Waals surface area (Å²) in [4.78, 5) is 66.2. The summed E-state index contributed by atoms with van der Waals surface area (Å²) in [6.07, 6.45) is 3.65. The number of aliphatic hydroxyl groups excluding tert-OH is 1. The number of para-hydroxylation sites is 1. The van der Waals surface area contributed by atoms with Gasteiger partial charge in [0.25, 0.3) is 5.91 Å². The highest BCUT2D eigenvalue weighted by molar-refractivity contribution is 5.91. The molecular weight excluding hydrogens is 626 g/mol. The van der Waals surface area contributed by atoms with Gasteiger partial charge in [0.15, 0.2) is 6.10 Å². The fraction of sp³-hybridized carbons (Fsp3) is 0.556. The SMILES string of the molecule is Cc1cc(C[C@@H](OC(=O)N2CCC(N3CCc4ccccc4NC3=O)CC2)C(=O)N2CCC(N3CCC(O)CC3)CC2)cc2[nH]c(=O)[nH]c12. The van der Waals surface area contributed by atoms with Gasteiger partial charge in [-0.2, -0.15) is 0 Å². The number of benzene rings is 2. The summed E-state index contributed by atoms with van der Waals surface area (Å²) >= 11 is 0. The molecule has 13 heteroatoms. The number of hydrogen-bond acceptors (Lipinski definition) is 7. The van der Waals surface area contributed by atoms with E-state index in [1.165, 1.54) is 0 Å². The van der Waals surface area contributed by atoms with Crippen LogP contribution in [0.25, 0.3) is 11.0 Å². The normalized spacial score (nSPS) is 20.9. The van der Waals surface area contributed by atoms with Gasteiger partial charge in [-0.15, -0.1) is 0 Å². The molecule has 2 aromatic carbocycles. The number of anilines is 1. The highest BCUT2D eigenvalue weighted by Gasteiger charge is 2.36. The van der Waals surface area contributed by atoms with Gasteiger partial charge in [0.2, 0.25) is 0 Å². The molecule has 4 N–H and O–H groups in total. The van der Waals surface area contributed by atoms with E-state index in [-0.39, 0.29) is 36.2 Å². The molecular formula is C36H47N7O6. The first kappa shape index (κ1) is 33.2. The summed E-state index contributed by atoms with van der Waals surface area (Å²) in [6, 6.07) is 11.9. The highest BCUT2D eigenvalue weighted by Crippen LogP contribution is 2.27. The topological polar surface area (TPSA) is 154 Å². The lowest BCUT2D eigenvalue weighted by molar-refractivity contribution is -0.142. The number of urea groups is 1. The second-order valence-electron chi connectivity index (χ2n) is 14.1. The quantitative estimate of drug-likeness (QED) is 0.313. The number of rotatable bonds is 6. The maximum absolute atomic E-state index is 14.1. The third-order valence-electron chi connectivity index (χ3n) is 10.9. The van der Waals surface area contributed by atoms with E-state index in [0.29, 0.717) is 62.6 Å². The summed E-state index contributed by atoms with van der Waals surface area (Å²) in [5, 5.41) is 13.0. The summed E-state index contributed by atoms with van der Waals surface area (Å²) in [7, 11) is 0. The van der Waals surface area contributed by atoms with Crippen molar-refractivity contribution in [1.82, 2.24) is 29.6 Å². The lowest BCUT2D eigenvalue weighted by Crippen LogP contribution is -2.53. The predicted octanol–water partition coefficient (Wildman–Crippen LogP) is 3.21. The van der Waals surface area contributed by atoms with Crippen LogP contribution in [0.15, 0.2) is 41.2 Å². The second-order valence-corrected chi connectivity index (χ2v) is 14.1. The molecule has 4 aliphatic rings. The number of likely N-dealkylation sites (tertiary alicyclic amines) is 3. The number of imidazole rings is 1. The minimum absolute atomic E-state index is 0.00142. The number of aliphatic hydroxyl groups is 1. The molecule has 0 saturated carbocycles. The van der Waals surface area contributed by atoms with E-state index < -0.39 is 12.2 Å². The average Bonchev–Trinajstić information content (AvgIpc) is 3.40. The molecule has 13 nitrogen and oxygen atoms in total. The summed E-state index contributed by atoms with van der Waals surface area (Å²) < 4.78 is 6.07. The molecule has 0 bridgehead atoms. The predicted molar refractivity (Wildman–Crippen MR) is 185 cm³/mol. The number of carbonyl (C=O) groups excluding carboxylic acids is 3. The van der Waals surface area contributed by atoms with E-state index in [0.717, 1.165) is 67.6 Å². The molecule has 4 aliphatic heterocycles. The van der Waals surface area contributed by atoms with Crippen LogP contribution in [-0.4, -0.2) is 123 Å². The number of fused-ring (bicyclic) bond motifs is 2. The van der Waals surface area contributed by atoms with Crippen LogP contribution < -0.4 is 11.0 Å². The number of hydrogen-bond donors (Lipinski definition) is 4. The third kappa shape index (κ3) is 7.32. The number of ether oxygens (including phenoxy) is 1. The largest absolute Gasteiger partial charge is 0.436 e. The summed E-state index contributed by atoms with van der Waals surface area (Å²) in [5.41, 5.74) is 4.67. The highest BCUT2D eigenvalue weighted by atomic mass is 16.6.